The highest BCUT2D eigenvalue weighted by Crippen LogP contribution is 2.37. The number of β-amino-alcohol motifs (C(OH)–C–C–N with tert-alkyl or cyclic N) is 1. The predicted molar refractivity (Wildman–Crippen MR) is 44.2 cm³/mol. The topological polar surface area (TPSA) is 23.5 Å². The lowest BCUT2D eigenvalue weighted by Gasteiger charge is -2.18. The van der Waals surface area contributed by atoms with Crippen LogP contribution in [0.5, 0.6) is 0 Å². The summed E-state index contributed by atoms with van der Waals surface area (Å²) in [6.45, 7) is 2.31. The van der Waals surface area contributed by atoms with Gasteiger partial charge in [0.2, 0.25) is 0 Å². The fourth-order valence-electron chi connectivity index (χ4n) is 1.85. The van der Waals surface area contributed by atoms with Gasteiger partial charge in [-0.1, -0.05) is 5.57 Å². The first kappa shape index (κ1) is 7.17. The number of allylic oxidation sites excluding steroid dienone is 2. The minimum absolute atomic E-state index is 0.302. The van der Waals surface area contributed by atoms with E-state index in [9.17, 15) is 0 Å². The molecule has 0 aromatic heterocycles. The van der Waals surface area contributed by atoms with E-state index in [1.54, 1.807) is 11.3 Å². The van der Waals surface area contributed by atoms with Crippen LogP contribution in [0.3, 0.4) is 0 Å². The molecule has 0 atom stereocenters. The van der Waals surface area contributed by atoms with Crippen LogP contribution in [0.4, 0.5) is 0 Å². The smallest absolute Gasteiger partial charge is 0.0606 e. The standard InChI is InChI=1S/C9H15NO/c11-7-6-10-5-1-2-9(10)8-3-4-8/h11H,1-7H2. The van der Waals surface area contributed by atoms with Crippen LogP contribution in [-0.4, -0.2) is 29.7 Å². The molecule has 2 heteroatoms. The zero-order valence-electron chi connectivity index (χ0n) is 6.84. The molecule has 1 heterocycles. The number of aliphatic hydroxyl groups excluding tert-OH is 1. The van der Waals surface area contributed by atoms with Gasteiger partial charge in [-0.05, 0) is 25.7 Å². The first-order valence-corrected chi connectivity index (χ1v) is 4.48. The Labute approximate surface area is 67.5 Å². The van der Waals surface area contributed by atoms with Crippen molar-refractivity contribution in [1.29, 1.82) is 0 Å². The van der Waals surface area contributed by atoms with Gasteiger partial charge in [-0.2, -0.15) is 0 Å². The van der Waals surface area contributed by atoms with Crippen LogP contribution in [0.15, 0.2) is 11.3 Å². The van der Waals surface area contributed by atoms with E-state index in [2.05, 4.69) is 4.90 Å². The summed E-state index contributed by atoms with van der Waals surface area (Å²) in [5, 5.41) is 8.78. The summed E-state index contributed by atoms with van der Waals surface area (Å²) in [5.74, 6) is 0. The van der Waals surface area contributed by atoms with E-state index in [-0.39, 0.29) is 0 Å². The highest BCUT2D eigenvalue weighted by Gasteiger charge is 2.25. The molecule has 0 radical (unpaired) electrons. The molecule has 0 aromatic rings. The van der Waals surface area contributed by atoms with E-state index >= 15 is 0 Å². The Kier molecular flexibility index (Phi) is 1.86. The molecule has 1 N–H and O–H groups in total. The second kappa shape index (κ2) is 2.86. The maximum atomic E-state index is 8.78. The molecule has 2 fully saturated rings. The van der Waals surface area contributed by atoms with Gasteiger partial charge in [-0.3, -0.25) is 0 Å². The third kappa shape index (κ3) is 1.41. The fourth-order valence-corrected chi connectivity index (χ4v) is 1.85. The lowest BCUT2D eigenvalue weighted by Crippen LogP contribution is -2.21. The minimum Gasteiger partial charge on any atom is -0.395 e. The van der Waals surface area contributed by atoms with E-state index in [0.717, 1.165) is 6.54 Å². The van der Waals surface area contributed by atoms with E-state index in [4.69, 9.17) is 5.11 Å². The molecule has 0 bridgehead atoms. The van der Waals surface area contributed by atoms with Crippen molar-refractivity contribution in [2.45, 2.75) is 25.7 Å². The Morgan fingerprint density at radius 1 is 1.27 bits per heavy atom. The van der Waals surface area contributed by atoms with Gasteiger partial charge in [-0.25, -0.2) is 0 Å². The highest BCUT2D eigenvalue weighted by atomic mass is 16.3. The summed E-state index contributed by atoms with van der Waals surface area (Å²) in [4.78, 5) is 2.35. The van der Waals surface area contributed by atoms with Crippen molar-refractivity contribution >= 4 is 0 Å². The second-order valence-electron chi connectivity index (χ2n) is 3.36. The van der Waals surface area contributed by atoms with Gasteiger partial charge in [-0.15, -0.1) is 0 Å². The number of hydrogen-bond donors (Lipinski definition) is 1. The Hall–Kier alpha value is -0.500. The monoisotopic (exact) mass is 153 g/mol. The molecule has 2 nitrogen and oxygen atoms in total. The summed E-state index contributed by atoms with van der Waals surface area (Å²) in [6.07, 6.45) is 5.18. The minimum atomic E-state index is 0.302. The summed E-state index contributed by atoms with van der Waals surface area (Å²) in [6, 6.07) is 0. The van der Waals surface area contributed by atoms with Crippen molar-refractivity contribution in [1.82, 2.24) is 4.90 Å². The maximum absolute atomic E-state index is 8.78. The van der Waals surface area contributed by atoms with Gasteiger partial charge in [0.15, 0.2) is 0 Å². The quantitative estimate of drug-likeness (QED) is 0.642. The Morgan fingerprint density at radius 3 is 2.73 bits per heavy atom. The van der Waals surface area contributed by atoms with Crippen LogP contribution in [0.1, 0.15) is 25.7 Å². The van der Waals surface area contributed by atoms with Crippen LogP contribution in [0, 0.1) is 0 Å². The van der Waals surface area contributed by atoms with E-state index in [0.29, 0.717) is 6.61 Å². The average Bonchev–Trinajstić information content (AvgIpc) is 2.75. The molecule has 0 amide bonds. The van der Waals surface area contributed by atoms with Crippen molar-refractivity contribution in [3.63, 3.8) is 0 Å². The van der Waals surface area contributed by atoms with Crippen LogP contribution < -0.4 is 0 Å². The molecule has 62 valence electrons. The summed E-state index contributed by atoms with van der Waals surface area (Å²) >= 11 is 0. The third-order valence-corrected chi connectivity index (χ3v) is 2.50. The molecule has 1 saturated heterocycles. The molecule has 0 unspecified atom stereocenters. The van der Waals surface area contributed by atoms with E-state index < -0.39 is 0 Å². The molecule has 0 aromatic carbocycles. The normalized spacial score (nSPS) is 23.2. The lowest BCUT2D eigenvalue weighted by molar-refractivity contribution is 0.239. The Balaban J connectivity index is 2.02. The Bertz CT molecular complexity index is 180. The molecular formula is C9H15NO. The Morgan fingerprint density at radius 2 is 2.09 bits per heavy atom. The molecule has 11 heavy (non-hydrogen) atoms. The van der Waals surface area contributed by atoms with Gasteiger partial charge < -0.3 is 10.0 Å². The van der Waals surface area contributed by atoms with Crippen LogP contribution >= 0.6 is 0 Å². The average molecular weight is 153 g/mol. The number of nitrogens with zero attached hydrogens (tertiary/aromatic N) is 1. The fraction of sp³-hybridized carbons (Fsp3) is 0.778. The summed E-state index contributed by atoms with van der Waals surface area (Å²) in [7, 11) is 0. The van der Waals surface area contributed by atoms with Crippen molar-refractivity contribution in [2.24, 2.45) is 0 Å². The summed E-state index contributed by atoms with van der Waals surface area (Å²) < 4.78 is 0. The van der Waals surface area contributed by atoms with Crippen LogP contribution in [0.25, 0.3) is 0 Å². The van der Waals surface area contributed by atoms with Crippen molar-refractivity contribution < 1.29 is 5.11 Å². The van der Waals surface area contributed by atoms with Gasteiger partial charge in [0, 0.05) is 18.8 Å². The lowest BCUT2D eigenvalue weighted by atomic mass is 10.3. The second-order valence-corrected chi connectivity index (χ2v) is 3.36. The van der Waals surface area contributed by atoms with Gasteiger partial charge in [0.25, 0.3) is 0 Å². The summed E-state index contributed by atoms with van der Waals surface area (Å²) in [5.41, 5.74) is 3.20. The predicted octanol–water partition coefficient (Wildman–Crippen LogP) is 1.12. The van der Waals surface area contributed by atoms with Crippen molar-refractivity contribution in [3.05, 3.63) is 11.3 Å². The SMILES string of the molecule is OCCN1CCCC1=C1CC1. The molecule has 1 aliphatic carbocycles. The molecular weight excluding hydrogens is 138 g/mol. The largest absolute Gasteiger partial charge is 0.395 e. The molecule has 1 aliphatic heterocycles. The van der Waals surface area contributed by atoms with Crippen molar-refractivity contribution in [3.8, 4) is 0 Å². The molecule has 2 aliphatic rings. The maximum Gasteiger partial charge on any atom is 0.0606 e. The molecule has 1 saturated carbocycles. The zero-order valence-corrected chi connectivity index (χ0v) is 6.84. The van der Waals surface area contributed by atoms with E-state index in [1.807, 2.05) is 0 Å². The van der Waals surface area contributed by atoms with Crippen molar-refractivity contribution in [2.75, 3.05) is 19.7 Å². The highest BCUT2D eigenvalue weighted by molar-refractivity contribution is 5.26. The van der Waals surface area contributed by atoms with Crippen LogP contribution in [0.2, 0.25) is 0 Å². The first-order chi connectivity index (χ1) is 5.42. The van der Waals surface area contributed by atoms with E-state index in [1.165, 1.54) is 32.2 Å². The zero-order chi connectivity index (χ0) is 7.68. The van der Waals surface area contributed by atoms with Gasteiger partial charge in [0.1, 0.15) is 0 Å². The third-order valence-electron chi connectivity index (χ3n) is 2.50. The number of rotatable bonds is 2. The number of likely N-dealkylation sites (tertiary alicyclic amines) is 1. The molecule has 2 rings (SSSR count). The molecule has 0 spiro atoms. The van der Waals surface area contributed by atoms with Gasteiger partial charge in [0.05, 0.1) is 6.61 Å². The van der Waals surface area contributed by atoms with Gasteiger partial charge >= 0.3 is 0 Å². The number of aliphatic hydroxyl groups is 1. The number of hydrogen-bond acceptors (Lipinski definition) is 2. The first-order valence-electron chi connectivity index (χ1n) is 4.48. The van der Waals surface area contributed by atoms with Crippen LogP contribution in [-0.2, 0) is 0 Å².